The SMILES string of the molecule is Cc1ccc([C@@H](CO)CCC(=O)OC(C)(C)C)cc1O. The summed E-state index contributed by atoms with van der Waals surface area (Å²) in [6.45, 7) is 7.23. The highest BCUT2D eigenvalue weighted by Gasteiger charge is 2.19. The number of hydrogen-bond donors (Lipinski definition) is 2. The van der Waals surface area contributed by atoms with Gasteiger partial charge in [0.2, 0.25) is 0 Å². The minimum absolute atomic E-state index is 0.0642. The average Bonchev–Trinajstić information content (AvgIpc) is 2.32. The summed E-state index contributed by atoms with van der Waals surface area (Å²) in [7, 11) is 0. The topological polar surface area (TPSA) is 66.8 Å². The highest BCUT2D eigenvalue weighted by Crippen LogP contribution is 2.26. The molecule has 0 aliphatic heterocycles. The second-order valence-electron chi connectivity index (χ2n) is 6.05. The minimum Gasteiger partial charge on any atom is -0.508 e. The Morgan fingerprint density at radius 2 is 2.00 bits per heavy atom. The van der Waals surface area contributed by atoms with Crippen LogP contribution in [0.3, 0.4) is 0 Å². The van der Waals surface area contributed by atoms with E-state index in [1.807, 2.05) is 33.8 Å². The standard InChI is InChI=1S/C16H24O4/c1-11-5-6-12(9-14(11)18)13(10-17)7-8-15(19)20-16(2,3)4/h5-6,9,13,17-18H,7-8,10H2,1-4H3/t13-/m1/s1. The van der Waals surface area contributed by atoms with Crippen molar-refractivity contribution in [3.63, 3.8) is 0 Å². The van der Waals surface area contributed by atoms with Crippen LogP contribution in [0, 0.1) is 6.92 Å². The van der Waals surface area contributed by atoms with Crippen LogP contribution < -0.4 is 0 Å². The number of aliphatic hydroxyl groups is 1. The van der Waals surface area contributed by atoms with Crippen LogP contribution in [0.15, 0.2) is 18.2 Å². The van der Waals surface area contributed by atoms with Crippen LogP contribution in [-0.4, -0.2) is 28.4 Å². The fourth-order valence-corrected chi connectivity index (χ4v) is 1.93. The first-order valence-corrected chi connectivity index (χ1v) is 6.85. The molecule has 1 aromatic carbocycles. The maximum absolute atomic E-state index is 11.7. The molecule has 0 aliphatic carbocycles. The molecule has 0 saturated carbocycles. The molecule has 0 heterocycles. The van der Waals surface area contributed by atoms with Gasteiger partial charge in [0.25, 0.3) is 0 Å². The van der Waals surface area contributed by atoms with E-state index in [2.05, 4.69) is 0 Å². The van der Waals surface area contributed by atoms with Crippen molar-refractivity contribution < 1.29 is 19.7 Å². The Morgan fingerprint density at radius 3 is 2.50 bits per heavy atom. The van der Waals surface area contributed by atoms with Crippen molar-refractivity contribution in [1.29, 1.82) is 0 Å². The number of benzene rings is 1. The number of carbonyl (C=O) groups excluding carboxylic acids is 1. The molecule has 1 rings (SSSR count). The van der Waals surface area contributed by atoms with Crippen molar-refractivity contribution in [2.45, 2.75) is 52.1 Å². The number of ether oxygens (including phenoxy) is 1. The Kier molecular flexibility index (Phi) is 5.57. The summed E-state index contributed by atoms with van der Waals surface area (Å²) in [4.78, 5) is 11.7. The molecule has 1 atom stereocenters. The van der Waals surface area contributed by atoms with E-state index >= 15 is 0 Å². The third kappa shape index (κ3) is 5.21. The van der Waals surface area contributed by atoms with Crippen molar-refractivity contribution in [1.82, 2.24) is 0 Å². The van der Waals surface area contributed by atoms with Gasteiger partial charge in [0.05, 0.1) is 0 Å². The highest BCUT2D eigenvalue weighted by molar-refractivity contribution is 5.69. The molecule has 0 aromatic heterocycles. The van der Waals surface area contributed by atoms with Gasteiger partial charge in [-0.05, 0) is 51.3 Å². The molecule has 112 valence electrons. The van der Waals surface area contributed by atoms with Crippen molar-refractivity contribution in [2.75, 3.05) is 6.61 Å². The van der Waals surface area contributed by atoms with E-state index in [0.29, 0.717) is 6.42 Å². The third-order valence-electron chi connectivity index (χ3n) is 3.04. The molecule has 0 unspecified atom stereocenters. The van der Waals surface area contributed by atoms with Crippen LogP contribution in [0.25, 0.3) is 0 Å². The number of phenols is 1. The molecule has 0 radical (unpaired) electrons. The number of aromatic hydroxyl groups is 1. The first kappa shape index (κ1) is 16.5. The van der Waals surface area contributed by atoms with Crippen LogP contribution in [0.2, 0.25) is 0 Å². The van der Waals surface area contributed by atoms with E-state index in [4.69, 9.17) is 4.74 Å². The van der Waals surface area contributed by atoms with Gasteiger partial charge in [-0.25, -0.2) is 0 Å². The van der Waals surface area contributed by atoms with E-state index in [0.717, 1.165) is 11.1 Å². The minimum atomic E-state index is -0.492. The van der Waals surface area contributed by atoms with E-state index in [-0.39, 0.29) is 30.7 Å². The molecule has 4 heteroatoms. The van der Waals surface area contributed by atoms with Crippen molar-refractivity contribution in [3.8, 4) is 5.75 Å². The Labute approximate surface area is 120 Å². The second kappa shape index (κ2) is 6.75. The van der Waals surface area contributed by atoms with Gasteiger partial charge in [-0.15, -0.1) is 0 Å². The quantitative estimate of drug-likeness (QED) is 0.814. The van der Waals surface area contributed by atoms with Gasteiger partial charge in [0, 0.05) is 18.9 Å². The lowest BCUT2D eigenvalue weighted by Gasteiger charge is -2.21. The lowest BCUT2D eigenvalue weighted by molar-refractivity contribution is -0.155. The molecule has 2 N–H and O–H groups in total. The first-order valence-electron chi connectivity index (χ1n) is 6.85. The van der Waals surface area contributed by atoms with Crippen molar-refractivity contribution in [2.24, 2.45) is 0 Å². The van der Waals surface area contributed by atoms with Gasteiger partial charge in [0.1, 0.15) is 11.4 Å². The Hall–Kier alpha value is -1.55. The predicted octanol–water partition coefficient (Wildman–Crippen LogP) is 2.90. The van der Waals surface area contributed by atoms with Gasteiger partial charge in [-0.1, -0.05) is 12.1 Å². The maximum Gasteiger partial charge on any atom is 0.306 e. The Morgan fingerprint density at radius 1 is 1.35 bits per heavy atom. The molecule has 1 aromatic rings. The van der Waals surface area contributed by atoms with Crippen molar-refractivity contribution >= 4 is 5.97 Å². The van der Waals surface area contributed by atoms with Crippen LogP contribution in [0.1, 0.15) is 50.7 Å². The van der Waals surface area contributed by atoms with Crippen LogP contribution in [0.5, 0.6) is 5.75 Å². The molecule has 0 amide bonds. The zero-order valence-corrected chi connectivity index (χ0v) is 12.6. The summed E-state index contributed by atoms with van der Waals surface area (Å²) in [5.41, 5.74) is 1.13. The molecule has 0 spiro atoms. The number of aliphatic hydroxyl groups excluding tert-OH is 1. The zero-order valence-electron chi connectivity index (χ0n) is 12.6. The summed E-state index contributed by atoms with van der Waals surface area (Å²) < 4.78 is 5.24. The molecule has 4 nitrogen and oxygen atoms in total. The van der Waals surface area contributed by atoms with Gasteiger partial charge < -0.3 is 14.9 Å². The molecule has 0 bridgehead atoms. The maximum atomic E-state index is 11.7. The predicted molar refractivity (Wildman–Crippen MR) is 77.7 cm³/mol. The number of phenolic OH excluding ortho intramolecular Hbond substituents is 1. The lowest BCUT2D eigenvalue weighted by atomic mass is 9.94. The van der Waals surface area contributed by atoms with Gasteiger partial charge in [-0.3, -0.25) is 4.79 Å². The van der Waals surface area contributed by atoms with Gasteiger partial charge in [-0.2, -0.15) is 0 Å². The molecular formula is C16H24O4. The summed E-state index contributed by atoms with van der Waals surface area (Å²) in [6, 6.07) is 5.32. The van der Waals surface area contributed by atoms with Gasteiger partial charge >= 0.3 is 5.97 Å². The normalized spacial score (nSPS) is 13.1. The van der Waals surface area contributed by atoms with E-state index < -0.39 is 5.60 Å². The van der Waals surface area contributed by atoms with E-state index in [1.165, 1.54) is 0 Å². The van der Waals surface area contributed by atoms with E-state index in [1.54, 1.807) is 12.1 Å². The van der Waals surface area contributed by atoms with Gasteiger partial charge in [0.15, 0.2) is 0 Å². The summed E-state index contributed by atoms with van der Waals surface area (Å²) in [5.74, 6) is -0.237. The fraction of sp³-hybridized carbons (Fsp3) is 0.562. The number of hydrogen-bond acceptors (Lipinski definition) is 4. The first-order chi connectivity index (χ1) is 9.23. The van der Waals surface area contributed by atoms with E-state index in [9.17, 15) is 15.0 Å². The molecule has 0 saturated heterocycles. The lowest BCUT2D eigenvalue weighted by Crippen LogP contribution is -2.24. The molecule has 0 aliphatic rings. The summed E-state index contributed by atoms with van der Waals surface area (Å²) in [6.07, 6.45) is 0.741. The Bertz CT molecular complexity index is 460. The van der Waals surface area contributed by atoms with Crippen LogP contribution in [-0.2, 0) is 9.53 Å². The number of esters is 1. The smallest absolute Gasteiger partial charge is 0.306 e. The Balaban J connectivity index is 2.63. The third-order valence-corrected chi connectivity index (χ3v) is 3.04. The average molecular weight is 280 g/mol. The van der Waals surface area contributed by atoms with Crippen molar-refractivity contribution in [3.05, 3.63) is 29.3 Å². The number of aryl methyl sites for hydroxylation is 1. The largest absolute Gasteiger partial charge is 0.508 e. The second-order valence-corrected chi connectivity index (χ2v) is 6.05. The molecule has 20 heavy (non-hydrogen) atoms. The summed E-state index contributed by atoms with van der Waals surface area (Å²) in [5, 5.41) is 19.2. The number of rotatable bonds is 5. The molecular weight excluding hydrogens is 256 g/mol. The molecule has 0 fully saturated rings. The zero-order chi connectivity index (χ0) is 15.3. The monoisotopic (exact) mass is 280 g/mol. The highest BCUT2D eigenvalue weighted by atomic mass is 16.6. The fourth-order valence-electron chi connectivity index (χ4n) is 1.93. The van der Waals surface area contributed by atoms with Crippen LogP contribution in [0.4, 0.5) is 0 Å². The number of carbonyl (C=O) groups is 1. The van der Waals surface area contributed by atoms with Crippen LogP contribution >= 0.6 is 0 Å². The summed E-state index contributed by atoms with van der Waals surface area (Å²) >= 11 is 0.